The highest BCUT2D eigenvalue weighted by atomic mass is 16.7. The predicted molar refractivity (Wildman–Crippen MR) is 60.8 cm³/mol. The van der Waals surface area contributed by atoms with Crippen LogP contribution in [0.1, 0.15) is 20.3 Å². The van der Waals surface area contributed by atoms with Gasteiger partial charge in [0.1, 0.15) is 0 Å². The van der Waals surface area contributed by atoms with Crippen molar-refractivity contribution in [1.82, 2.24) is 4.90 Å². The highest BCUT2D eigenvalue weighted by Crippen LogP contribution is 2.32. The quantitative estimate of drug-likeness (QED) is 0.696. The third-order valence-corrected chi connectivity index (χ3v) is 2.93. The molecule has 1 fully saturated rings. The number of ether oxygens (including phenoxy) is 2. The molecule has 0 aliphatic carbocycles. The number of rotatable bonds is 3. The summed E-state index contributed by atoms with van der Waals surface area (Å²) in [7, 11) is 0. The van der Waals surface area contributed by atoms with Gasteiger partial charge in [0.15, 0.2) is 5.71 Å². The summed E-state index contributed by atoms with van der Waals surface area (Å²) < 4.78 is 9.81. The fourth-order valence-electron chi connectivity index (χ4n) is 2.14. The van der Waals surface area contributed by atoms with E-state index in [0.29, 0.717) is 19.6 Å². The summed E-state index contributed by atoms with van der Waals surface area (Å²) in [6, 6.07) is 0. The summed E-state index contributed by atoms with van der Waals surface area (Å²) in [5, 5.41) is 3.72. The van der Waals surface area contributed by atoms with E-state index in [9.17, 15) is 9.59 Å². The largest absolute Gasteiger partial charge is 0.461 e. The van der Waals surface area contributed by atoms with Crippen LogP contribution in [0.15, 0.2) is 5.16 Å². The number of amides is 1. The fraction of sp³-hybridized carbons (Fsp3) is 0.727. The Balaban J connectivity index is 2.01. The van der Waals surface area contributed by atoms with Crippen molar-refractivity contribution in [3.05, 3.63) is 0 Å². The zero-order valence-electron chi connectivity index (χ0n) is 10.4. The van der Waals surface area contributed by atoms with E-state index in [1.807, 2.05) is 0 Å². The van der Waals surface area contributed by atoms with Crippen molar-refractivity contribution < 1.29 is 23.9 Å². The Morgan fingerprint density at radius 2 is 2.11 bits per heavy atom. The van der Waals surface area contributed by atoms with E-state index in [0.717, 1.165) is 0 Å². The van der Waals surface area contributed by atoms with Crippen molar-refractivity contribution in [2.45, 2.75) is 26.5 Å². The topological polar surface area (TPSA) is 77.4 Å². The monoisotopic (exact) mass is 256 g/mol. The van der Waals surface area contributed by atoms with Crippen molar-refractivity contribution in [1.29, 1.82) is 0 Å². The third kappa shape index (κ3) is 2.12. The second-order valence-corrected chi connectivity index (χ2v) is 3.98. The Labute approximate surface area is 105 Å². The summed E-state index contributed by atoms with van der Waals surface area (Å²) in [5.74, 6) is -0.691. The minimum absolute atomic E-state index is 0.214. The Bertz CT molecular complexity index is 382. The van der Waals surface area contributed by atoms with Gasteiger partial charge in [-0.2, -0.15) is 0 Å². The molecular weight excluding hydrogens is 240 g/mol. The summed E-state index contributed by atoms with van der Waals surface area (Å²) in [6.07, 6.45) is -0.352. The lowest BCUT2D eigenvalue weighted by atomic mass is 10.0. The first-order chi connectivity index (χ1) is 8.69. The second-order valence-electron chi connectivity index (χ2n) is 3.98. The SMILES string of the molecule is CCOC(=O)C1=NO[C@@H]2[C@H]1CCN2C(=O)OCC. The highest BCUT2D eigenvalue weighted by Gasteiger charge is 2.48. The number of hydrogen-bond donors (Lipinski definition) is 0. The number of oxime groups is 1. The number of carbonyl (C=O) groups is 2. The van der Waals surface area contributed by atoms with Crippen LogP contribution >= 0.6 is 0 Å². The summed E-state index contributed by atoms with van der Waals surface area (Å²) in [4.78, 5) is 29.9. The van der Waals surface area contributed by atoms with E-state index in [-0.39, 0.29) is 18.2 Å². The molecule has 2 atom stereocenters. The lowest BCUT2D eigenvalue weighted by molar-refractivity contribution is -0.135. The Hall–Kier alpha value is -1.79. The van der Waals surface area contributed by atoms with Crippen molar-refractivity contribution in [3.8, 4) is 0 Å². The van der Waals surface area contributed by atoms with E-state index in [1.165, 1.54) is 4.90 Å². The van der Waals surface area contributed by atoms with Gasteiger partial charge in [0.25, 0.3) is 0 Å². The molecule has 0 bridgehead atoms. The van der Waals surface area contributed by atoms with Crippen LogP contribution in [0.4, 0.5) is 4.79 Å². The van der Waals surface area contributed by atoms with Gasteiger partial charge in [-0.25, -0.2) is 9.59 Å². The van der Waals surface area contributed by atoms with E-state index < -0.39 is 18.3 Å². The molecule has 7 heteroatoms. The van der Waals surface area contributed by atoms with Gasteiger partial charge in [0.05, 0.1) is 19.1 Å². The number of carbonyl (C=O) groups excluding carboxylic acids is 2. The van der Waals surface area contributed by atoms with Crippen LogP contribution in [0.3, 0.4) is 0 Å². The molecule has 2 heterocycles. The van der Waals surface area contributed by atoms with Crippen LogP contribution in [0.25, 0.3) is 0 Å². The molecule has 100 valence electrons. The van der Waals surface area contributed by atoms with E-state index >= 15 is 0 Å². The van der Waals surface area contributed by atoms with Gasteiger partial charge in [-0.1, -0.05) is 5.16 Å². The minimum atomic E-state index is -0.538. The second kappa shape index (κ2) is 5.24. The molecule has 2 aliphatic heterocycles. The minimum Gasteiger partial charge on any atom is -0.461 e. The Morgan fingerprint density at radius 3 is 2.78 bits per heavy atom. The first-order valence-electron chi connectivity index (χ1n) is 6.03. The van der Waals surface area contributed by atoms with E-state index in [4.69, 9.17) is 14.3 Å². The average Bonchev–Trinajstić information content (AvgIpc) is 2.89. The van der Waals surface area contributed by atoms with Crippen molar-refractivity contribution in [3.63, 3.8) is 0 Å². The molecule has 0 aromatic heterocycles. The lowest BCUT2D eigenvalue weighted by Gasteiger charge is -2.20. The summed E-state index contributed by atoms with van der Waals surface area (Å²) in [6.45, 7) is 4.55. The number of esters is 1. The van der Waals surface area contributed by atoms with Gasteiger partial charge >= 0.3 is 12.1 Å². The maximum atomic E-state index is 11.6. The van der Waals surface area contributed by atoms with Crippen LogP contribution in [-0.2, 0) is 19.1 Å². The van der Waals surface area contributed by atoms with Crippen LogP contribution in [-0.4, -0.2) is 48.7 Å². The highest BCUT2D eigenvalue weighted by molar-refractivity contribution is 6.37. The number of hydrogen-bond acceptors (Lipinski definition) is 6. The Kier molecular flexibility index (Phi) is 3.69. The number of likely N-dealkylation sites (tertiary alicyclic amines) is 1. The lowest BCUT2D eigenvalue weighted by Crippen LogP contribution is -2.39. The van der Waals surface area contributed by atoms with Crippen molar-refractivity contribution in [2.24, 2.45) is 11.1 Å². The normalized spacial score (nSPS) is 25.2. The molecule has 7 nitrogen and oxygen atoms in total. The molecule has 18 heavy (non-hydrogen) atoms. The number of fused-ring (bicyclic) bond motifs is 1. The van der Waals surface area contributed by atoms with Gasteiger partial charge < -0.3 is 14.3 Å². The van der Waals surface area contributed by atoms with Crippen LogP contribution in [0, 0.1) is 5.92 Å². The zero-order chi connectivity index (χ0) is 13.1. The molecule has 0 saturated carbocycles. The molecule has 1 amide bonds. The number of nitrogens with zero attached hydrogens (tertiary/aromatic N) is 2. The van der Waals surface area contributed by atoms with Crippen LogP contribution < -0.4 is 0 Å². The molecule has 2 rings (SSSR count). The Morgan fingerprint density at radius 1 is 1.39 bits per heavy atom. The zero-order valence-corrected chi connectivity index (χ0v) is 10.4. The molecule has 0 unspecified atom stereocenters. The first kappa shape index (κ1) is 12.7. The average molecular weight is 256 g/mol. The van der Waals surface area contributed by atoms with Crippen molar-refractivity contribution in [2.75, 3.05) is 19.8 Å². The predicted octanol–water partition coefficient (Wildman–Crippen LogP) is 0.740. The van der Waals surface area contributed by atoms with Gasteiger partial charge in [0, 0.05) is 6.54 Å². The summed E-state index contributed by atoms with van der Waals surface area (Å²) in [5.41, 5.74) is 0.258. The van der Waals surface area contributed by atoms with E-state index in [2.05, 4.69) is 5.16 Å². The smallest absolute Gasteiger partial charge is 0.412 e. The van der Waals surface area contributed by atoms with Gasteiger partial charge in [-0.05, 0) is 20.3 Å². The van der Waals surface area contributed by atoms with E-state index in [1.54, 1.807) is 13.8 Å². The first-order valence-corrected chi connectivity index (χ1v) is 6.03. The van der Waals surface area contributed by atoms with Gasteiger partial charge in [0.2, 0.25) is 6.23 Å². The third-order valence-electron chi connectivity index (χ3n) is 2.93. The summed E-state index contributed by atoms with van der Waals surface area (Å²) >= 11 is 0. The fourth-order valence-corrected chi connectivity index (χ4v) is 2.14. The molecule has 0 aromatic rings. The molecule has 0 spiro atoms. The van der Waals surface area contributed by atoms with Crippen LogP contribution in [0.5, 0.6) is 0 Å². The molecule has 0 radical (unpaired) electrons. The molecular formula is C11H16N2O5. The van der Waals surface area contributed by atoms with Crippen LogP contribution in [0.2, 0.25) is 0 Å². The molecule has 0 aromatic carbocycles. The van der Waals surface area contributed by atoms with Gasteiger partial charge in [-0.15, -0.1) is 0 Å². The van der Waals surface area contributed by atoms with Gasteiger partial charge in [-0.3, -0.25) is 4.90 Å². The maximum absolute atomic E-state index is 11.6. The standard InChI is InChI=1S/C11H16N2O5/c1-3-16-10(14)8-7-5-6-13(9(7)18-12-8)11(15)17-4-2/h7,9H,3-6H2,1-2H3/t7-,9+/m0/s1. The molecule has 0 N–H and O–H groups in total. The molecule has 1 saturated heterocycles. The van der Waals surface area contributed by atoms with Crippen molar-refractivity contribution >= 4 is 17.8 Å². The molecule has 2 aliphatic rings. The maximum Gasteiger partial charge on any atom is 0.412 e.